The maximum atomic E-state index is 5.71. The third kappa shape index (κ3) is 4.09. The smallest absolute Gasteiger partial charge is 0.0702 e. The molecule has 0 radical (unpaired) electrons. The highest BCUT2D eigenvalue weighted by atomic mass is 16.5. The standard InChI is InChI=1S/C15H24N2O/c1-13-4-2-5-14(10-13)11-17(8-7-16)12-15-6-3-9-18-15/h2,4-5,10,15H,3,6-9,11-12,16H2,1H3. The molecule has 1 aliphatic heterocycles. The monoisotopic (exact) mass is 248 g/mol. The summed E-state index contributed by atoms with van der Waals surface area (Å²) >= 11 is 0. The van der Waals surface area contributed by atoms with Gasteiger partial charge < -0.3 is 10.5 Å². The molecule has 2 N–H and O–H groups in total. The molecule has 1 heterocycles. The number of benzene rings is 1. The third-order valence-electron chi connectivity index (χ3n) is 3.42. The molecule has 0 amide bonds. The van der Waals surface area contributed by atoms with Crippen LogP contribution in [0.4, 0.5) is 0 Å². The Labute approximate surface area is 110 Å². The van der Waals surface area contributed by atoms with Gasteiger partial charge in [-0.05, 0) is 25.3 Å². The Balaban J connectivity index is 1.92. The van der Waals surface area contributed by atoms with Crippen LogP contribution in [0, 0.1) is 6.92 Å². The van der Waals surface area contributed by atoms with Gasteiger partial charge in [0.15, 0.2) is 0 Å². The number of nitrogens with two attached hydrogens (primary N) is 1. The number of ether oxygens (including phenoxy) is 1. The van der Waals surface area contributed by atoms with Gasteiger partial charge in [-0.3, -0.25) is 4.90 Å². The first-order valence-electron chi connectivity index (χ1n) is 6.87. The van der Waals surface area contributed by atoms with Crippen LogP contribution < -0.4 is 5.73 Å². The Kier molecular flexibility index (Phi) is 5.17. The minimum absolute atomic E-state index is 0.404. The van der Waals surface area contributed by atoms with Crippen molar-refractivity contribution in [3.05, 3.63) is 35.4 Å². The average molecular weight is 248 g/mol. The van der Waals surface area contributed by atoms with Crippen molar-refractivity contribution in [1.29, 1.82) is 0 Å². The predicted octanol–water partition coefficient (Wildman–Crippen LogP) is 1.93. The molecule has 1 aromatic carbocycles. The summed E-state index contributed by atoms with van der Waals surface area (Å²) < 4.78 is 5.71. The topological polar surface area (TPSA) is 38.5 Å². The highest BCUT2D eigenvalue weighted by Crippen LogP contribution is 2.15. The molecule has 100 valence electrons. The summed E-state index contributed by atoms with van der Waals surface area (Å²) in [6.07, 6.45) is 2.79. The van der Waals surface area contributed by atoms with Gasteiger partial charge in [-0.1, -0.05) is 29.8 Å². The van der Waals surface area contributed by atoms with E-state index in [1.807, 2.05) is 0 Å². The van der Waals surface area contributed by atoms with Gasteiger partial charge in [-0.25, -0.2) is 0 Å². The van der Waals surface area contributed by atoms with E-state index in [-0.39, 0.29) is 0 Å². The highest BCUT2D eigenvalue weighted by molar-refractivity contribution is 5.22. The van der Waals surface area contributed by atoms with E-state index < -0.39 is 0 Å². The van der Waals surface area contributed by atoms with Gasteiger partial charge in [0.25, 0.3) is 0 Å². The minimum atomic E-state index is 0.404. The average Bonchev–Trinajstić information content (AvgIpc) is 2.82. The van der Waals surface area contributed by atoms with Crippen molar-refractivity contribution in [2.75, 3.05) is 26.2 Å². The molecule has 2 rings (SSSR count). The minimum Gasteiger partial charge on any atom is -0.377 e. The highest BCUT2D eigenvalue weighted by Gasteiger charge is 2.18. The van der Waals surface area contributed by atoms with Crippen LogP contribution in [0.1, 0.15) is 24.0 Å². The van der Waals surface area contributed by atoms with Crippen LogP contribution in [-0.4, -0.2) is 37.2 Å². The van der Waals surface area contributed by atoms with E-state index in [1.54, 1.807) is 0 Å². The van der Waals surface area contributed by atoms with E-state index in [2.05, 4.69) is 36.1 Å². The van der Waals surface area contributed by atoms with E-state index in [1.165, 1.54) is 24.0 Å². The first-order valence-corrected chi connectivity index (χ1v) is 6.87. The maximum Gasteiger partial charge on any atom is 0.0702 e. The summed E-state index contributed by atoms with van der Waals surface area (Å²) in [5, 5.41) is 0. The van der Waals surface area contributed by atoms with Crippen LogP contribution in [-0.2, 0) is 11.3 Å². The molecule has 0 aliphatic carbocycles. The van der Waals surface area contributed by atoms with Crippen molar-refractivity contribution in [1.82, 2.24) is 4.90 Å². The molecule has 3 nitrogen and oxygen atoms in total. The third-order valence-corrected chi connectivity index (χ3v) is 3.42. The van der Waals surface area contributed by atoms with Crippen LogP contribution in [0.25, 0.3) is 0 Å². The first-order chi connectivity index (χ1) is 8.78. The summed E-state index contributed by atoms with van der Waals surface area (Å²) in [4.78, 5) is 2.41. The molecule has 1 aromatic rings. The molecule has 0 spiro atoms. The molecule has 1 saturated heterocycles. The van der Waals surface area contributed by atoms with E-state index >= 15 is 0 Å². The van der Waals surface area contributed by atoms with Gasteiger partial charge in [0.1, 0.15) is 0 Å². The van der Waals surface area contributed by atoms with Crippen LogP contribution in [0.5, 0.6) is 0 Å². The molecule has 1 unspecified atom stereocenters. The second-order valence-corrected chi connectivity index (χ2v) is 5.15. The second kappa shape index (κ2) is 6.88. The summed E-state index contributed by atoms with van der Waals surface area (Å²) in [6.45, 7) is 6.68. The Bertz CT molecular complexity index is 361. The zero-order valence-corrected chi connectivity index (χ0v) is 11.3. The zero-order chi connectivity index (χ0) is 12.8. The lowest BCUT2D eigenvalue weighted by Crippen LogP contribution is -2.35. The molecule has 0 saturated carbocycles. The number of aryl methyl sites for hydroxylation is 1. The SMILES string of the molecule is Cc1cccc(CN(CCN)CC2CCCO2)c1. The zero-order valence-electron chi connectivity index (χ0n) is 11.3. The first kappa shape index (κ1) is 13.5. The van der Waals surface area contributed by atoms with Crippen LogP contribution in [0.2, 0.25) is 0 Å². The van der Waals surface area contributed by atoms with Crippen LogP contribution in [0.3, 0.4) is 0 Å². The van der Waals surface area contributed by atoms with Crippen molar-refractivity contribution in [2.45, 2.75) is 32.4 Å². The quantitative estimate of drug-likeness (QED) is 0.836. The summed E-state index contributed by atoms with van der Waals surface area (Å²) in [7, 11) is 0. The molecule has 0 aromatic heterocycles. The molecule has 0 bridgehead atoms. The lowest BCUT2D eigenvalue weighted by atomic mass is 10.1. The molecular weight excluding hydrogens is 224 g/mol. The van der Waals surface area contributed by atoms with E-state index in [0.717, 1.165) is 26.2 Å². The number of nitrogens with zero attached hydrogens (tertiary/aromatic N) is 1. The molecule has 1 aliphatic rings. The van der Waals surface area contributed by atoms with Gasteiger partial charge in [0.2, 0.25) is 0 Å². The summed E-state index contributed by atoms with van der Waals surface area (Å²) in [6, 6.07) is 8.69. The number of hydrogen-bond acceptors (Lipinski definition) is 3. The summed E-state index contributed by atoms with van der Waals surface area (Å²) in [5.74, 6) is 0. The van der Waals surface area contributed by atoms with Crippen molar-refractivity contribution < 1.29 is 4.74 Å². The molecular formula is C15H24N2O. The molecule has 18 heavy (non-hydrogen) atoms. The largest absolute Gasteiger partial charge is 0.377 e. The van der Waals surface area contributed by atoms with Gasteiger partial charge in [0, 0.05) is 32.8 Å². The maximum absolute atomic E-state index is 5.71. The Morgan fingerprint density at radius 1 is 1.44 bits per heavy atom. The Hall–Kier alpha value is -0.900. The summed E-state index contributed by atoms with van der Waals surface area (Å²) in [5.41, 5.74) is 8.38. The van der Waals surface area contributed by atoms with E-state index in [4.69, 9.17) is 10.5 Å². The van der Waals surface area contributed by atoms with Crippen molar-refractivity contribution in [3.8, 4) is 0 Å². The van der Waals surface area contributed by atoms with E-state index in [0.29, 0.717) is 12.6 Å². The Morgan fingerprint density at radius 3 is 3.00 bits per heavy atom. The van der Waals surface area contributed by atoms with Gasteiger partial charge in [-0.2, -0.15) is 0 Å². The van der Waals surface area contributed by atoms with Crippen molar-refractivity contribution in [3.63, 3.8) is 0 Å². The fourth-order valence-corrected chi connectivity index (χ4v) is 2.56. The molecule has 1 atom stereocenters. The lowest BCUT2D eigenvalue weighted by molar-refractivity contribution is 0.0717. The predicted molar refractivity (Wildman–Crippen MR) is 74.5 cm³/mol. The van der Waals surface area contributed by atoms with Crippen LogP contribution in [0.15, 0.2) is 24.3 Å². The van der Waals surface area contributed by atoms with E-state index in [9.17, 15) is 0 Å². The number of hydrogen-bond donors (Lipinski definition) is 1. The van der Waals surface area contributed by atoms with Gasteiger partial charge in [-0.15, -0.1) is 0 Å². The Morgan fingerprint density at radius 2 is 2.33 bits per heavy atom. The molecule has 3 heteroatoms. The van der Waals surface area contributed by atoms with Gasteiger partial charge in [0.05, 0.1) is 6.10 Å². The van der Waals surface area contributed by atoms with Crippen molar-refractivity contribution in [2.24, 2.45) is 5.73 Å². The lowest BCUT2D eigenvalue weighted by Gasteiger charge is -2.24. The fraction of sp³-hybridized carbons (Fsp3) is 0.600. The van der Waals surface area contributed by atoms with Crippen LogP contribution >= 0.6 is 0 Å². The van der Waals surface area contributed by atoms with Gasteiger partial charge >= 0.3 is 0 Å². The fourth-order valence-electron chi connectivity index (χ4n) is 2.56. The second-order valence-electron chi connectivity index (χ2n) is 5.15. The normalized spacial score (nSPS) is 19.6. The molecule has 1 fully saturated rings. The number of rotatable bonds is 6. The van der Waals surface area contributed by atoms with Crippen molar-refractivity contribution >= 4 is 0 Å².